The van der Waals surface area contributed by atoms with Crippen LogP contribution in [0.15, 0.2) is 188 Å². The largest absolute Gasteiger partial charge is 0.457 e. The molecule has 1 spiro atoms. The summed E-state index contributed by atoms with van der Waals surface area (Å²) in [5.41, 5.74) is 12.9. The first kappa shape index (κ1) is 29.3. The second-order valence-corrected chi connectivity index (χ2v) is 14.6. The number of ether oxygens (including phenoxy) is 1. The predicted molar refractivity (Wildman–Crippen MR) is 217 cm³/mol. The van der Waals surface area contributed by atoms with Crippen LogP contribution >= 0.6 is 11.3 Å². The van der Waals surface area contributed by atoms with Crippen molar-refractivity contribution in [3.63, 3.8) is 0 Å². The van der Waals surface area contributed by atoms with E-state index in [-0.39, 0.29) is 0 Å². The standard InChI is InChI=1S/C49H31NOS/c1-3-16-32(17-4-1)50(33-18-5-2-6-19-33)42-31-30-35(48-47(42)37-21-8-14-29-45(37)52-48)34-22-15-26-41-46(34)36-20-7-9-23-38(36)49(41)39-24-10-12-27-43(39)51-44-28-13-11-25-40(44)49/h1-31H. The summed E-state index contributed by atoms with van der Waals surface area (Å²) in [7, 11) is 0. The van der Waals surface area contributed by atoms with Gasteiger partial charge in [-0.2, -0.15) is 0 Å². The van der Waals surface area contributed by atoms with Crippen molar-refractivity contribution in [1.82, 2.24) is 0 Å². The Morgan fingerprint density at radius 3 is 1.69 bits per heavy atom. The number of nitrogens with zero attached hydrogens (tertiary/aromatic N) is 1. The fraction of sp³-hybridized carbons (Fsp3) is 0.0204. The van der Waals surface area contributed by atoms with Crippen LogP contribution < -0.4 is 9.64 Å². The van der Waals surface area contributed by atoms with E-state index < -0.39 is 5.41 Å². The van der Waals surface area contributed by atoms with E-state index in [9.17, 15) is 0 Å². The molecule has 0 radical (unpaired) electrons. The molecule has 0 saturated heterocycles. The lowest BCUT2D eigenvalue weighted by Gasteiger charge is -2.39. The third-order valence-electron chi connectivity index (χ3n) is 10.9. The summed E-state index contributed by atoms with van der Waals surface area (Å²) in [5, 5.41) is 2.54. The Morgan fingerprint density at radius 1 is 0.423 bits per heavy atom. The van der Waals surface area contributed by atoms with E-state index >= 15 is 0 Å². The first-order chi connectivity index (χ1) is 25.8. The van der Waals surface area contributed by atoms with Gasteiger partial charge < -0.3 is 9.64 Å². The number of hydrogen-bond donors (Lipinski definition) is 0. The molecule has 244 valence electrons. The number of anilines is 3. The van der Waals surface area contributed by atoms with Gasteiger partial charge in [0, 0.05) is 48.2 Å². The first-order valence-electron chi connectivity index (χ1n) is 17.8. The lowest BCUT2D eigenvalue weighted by molar-refractivity contribution is 0.436. The maximum absolute atomic E-state index is 6.61. The van der Waals surface area contributed by atoms with E-state index in [1.165, 1.54) is 70.4 Å². The maximum atomic E-state index is 6.61. The molecule has 1 aromatic heterocycles. The van der Waals surface area contributed by atoms with Gasteiger partial charge >= 0.3 is 0 Å². The maximum Gasteiger partial charge on any atom is 0.132 e. The molecule has 0 N–H and O–H groups in total. The summed E-state index contributed by atoms with van der Waals surface area (Å²) in [5.74, 6) is 1.82. The topological polar surface area (TPSA) is 12.5 Å². The van der Waals surface area contributed by atoms with Crippen molar-refractivity contribution >= 4 is 48.6 Å². The summed E-state index contributed by atoms with van der Waals surface area (Å²) in [6, 6.07) is 68.2. The molecule has 11 rings (SSSR count). The highest BCUT2D eigenvalue weighted by Gasteiger charge is 2.51. The minimum Gasteiger partial charge on any atom is -0.457 e. The minimum absolute atomic E-state index is 0.510. The van der Waals surface area contributed by atoms with E-state index in [1.807, 2.05) is 11.3 Å². The van der Waals surface area contributed by atoms with Crippen LogP contribution in [0.5, 0.6) is 11.5 Å². The van der Waals surface area contributed by atoms with Crippen molar-refractivity contribution in [2.45, 2.75) is 5.41 Å². The van der Waals surface area contributed by atoms with Crippen molar-refractivity contribution in [2.24, 2.45) is 0 Å². The minimum atomic E-state index is -0.510. The molecule has 0 atom stereocenters. The number of thiophene rings is 1. The van der Waals surface area contributed by atoms with Crippen molar-refractivity contribution < 1.29 is 4.74 Å². The Balaban J connectivity index is 1.23. The molecule has 0 amide bonds. The zero-order valence-electron chi connectivity index (χ0n) is 28.2. The van der Waals surface area contributed by atoms with Crippen LogP contribution in [0.1, 0.15) is 22.3 Å². The highest BCUT2D eigenvalue weighted by atomic mass is 32.1. The lowest BCUT2D eigenvalue weighted by atomic mass is 9.66. The molecular formula is C49H31NOS. The van der Waals surface area contributed by atoms with Crippen molar-refractivity contribution in [2.75, 3.05) is 4.90 Å². The Bertz CT molecular complexity index is 2750. The second kappa shape index (κ2) is 11.3. The number of para-hydroxylation sites is 4. The van der Waals surface area contributed by atoms with E-state index in [1.54, 1.807) is 0 Å². The fourth-order valence-electron chi connectivity index (χ4n) is 8.92. The molecule has 1 aliphatic heterocycles. The molecule has 9 aromatic rings. The zero-order chi connectivity index (χ0) is 34.2. The highest BCUT2D eigenvalue weighted by Crippen LogP contribution is 2.63. The molecule has 0 fully saturated rings. The van der Waals surface area contributed by atoms with Gasteiger partial charge in [-0.25, -0.2) is 0 Å². The SMILES string of the molecule is c1ccc(N(c2ccccc2)c2ccc(-c3cccc4c3-c3ccccc3C43c4ccccc4Oc4ccccc43)c3sc4ccccc4c23)cc1. The number of hydrogen-bond acceptors (Lipinski definition) is 3. The molecule has 8 aromatic carbocycles. The van der Waals surface area contributed by atoms with E-state index in [0.29, 0.717) is 0 Å². The fourth-order valence-corrected chi connectivity index (χ4v) is 10.2. The van der Waals surface area contributed by atoms with E-state index in [2.05, 4.69) is 193 Å². The first-order valence-corrected chi connectivity index (χ1v) is 18.6. The van der Waals surface area contributed by atoms with Gasteiger partial charge in [-0.1, -0.05) is 140 Å². The van der Waals surface area contributed by atoms with Crippen LogP contribution in [0.4, 0.5) is 17.1 Å². The molecule has 1 aliphatic carbocycles. The lowest BCUT2D eigenvalue weighted by Crippen LogP contribution is -2.32. The normalized spacial score (nSPS) is 13.3. The number of fused-ring (bicyclic) bond motifs is 12. The summed E-state index contributed by atoms with van der Waals surface area (Å²) >= 11 is 1.89. The monoisotopic (exact) mass is 681 g/mol. The average molecular weight is 682 g/mol. The van der Waals surface area contributed by atoms with Crippen LogP contribution in [0.25, 0.3) is 42.4 Å². The van der Waals surface area contributed by atoms with E-state index in [4.69, 9.17) is 4.74 Å². The molecular weight excluding hydrogens is 651 g/mol. The van der Waals surface area contributed by atoms with Crippen LogP contribution in [0.2, 0.25) is 0 Å². The third kappa shape index (κ3) is 4.00. The number of benzene rings is 8. The number of rotatable bonds is 4. The molecule has 2 heterocycles. The summed E-state index contributed by atoms with van der Waals surface area (Å²) in [6.07, 6.45) is 0. The van der Waals surface area contributed by atoms with Gasteiger partial charge in [0.2, 0.25) is 0 Å². The molecule has 2 aliphatic rings. The zero-order valence-corrected chi connectivity index (χ0v) is 29.0. The summed E-state index contributed by atoms with van der Waals surface area (Å²) in [4.78, 5) is 2.40. The predicted octanol–water partition coefficient (Wildman–Crippen LogP) is 13.7. The van der Waals surface area contributed by atoms with E-state index in [0.717, 1.165) is 22.9 Å². The third-order valence-corrected chi connectivity index (χ3v) is 12.1. The highest BCUT2D eigenvalue weighted by molar-refractivity contribution is 7.26. The molecule has 0 saturated carbocycles. The molecule has 2 nitrogen and oxygen atoms in total. The van der Waals surface area contributed by atoms with Gasteiger partial charge in [0.15, 0.2) is 0 Å². The van der Waals surface area contributed by atoms with Crippen LogP contribution in [0, 0.1) is 0 Å². The van der Waals surface area contributed by atoms with Crippen molar-refractivity contribution in [3.05, 3.63) is 210 Å². The van der Waals surface area contributed by atoms with Crippen LogP contribution in [-0.2, 0) is 5.41 Å². The molecule has 0 bridgehead atoms. The Kier molecular flexibility index (Phi) is 6.37. The Morgan fingerprint density at radius 2 is 0.981 bits per heavy atom. The second-order valence-electron chi connectivity index (χ2n) is 13.6. The molecule has 3 heteroatoms. The van der Waals surface area contributed by atoms with Gasteiger partial charge in [0.25, 0.3) is 0 Å². The van der Waals surface area contributed by atoms with Crippen molar-refractivity contribution in [3.8, 4) is 33.8 Å². The quantitative estimate of drug-likeness (QED) is 0.183. The summed E-state index contributed by atoms with van der Waals surface area (Å²) in [6.45, 7) is 0. The van der Waals surface area contributed by atoms with Crippen LogP contribution in [0.3, 0.4) is 0 Å². The molecule has 52 heavy (non-hydrogen) atoms. The Hall–Kier alpha value is -6.42. The van der Waals surface area contributed by atoms with Gasteiger partial charge in [0.05, 0.1) is 11.1 Å². The Labute approximate surface area is 306 Å². The van der Waals surface area contributed by atoms with Gasteiger partial charge in [-0.3, -0.25) is 0 Å². The average Bonchev–Trinajstić information content (AvgIpc) is 3.74. The smallest absolute Gasteiger partial charge is 0.132 e. The van der Waals surface area contributed by atoms with Crippen LogP contribution in [-0.4, -0.2) is 0 Å². The summed E-state index contributed by atoms with van der Waals surface area (Å²) < 4.78 is 9.17. The molecule has 0 unspecified atom stereocenters. The van der Waals surface area contributed by atoms with Gasteiger partial charge in [0.1, 0.15) is 11.5 Å². The van der Waals surface area contributed by atoms with Gasteiger partial charge in [-0.15, -0.1) is 11.3 Å². The van der Waals surface area contributed by atoms with Crippen molar-refractivity contribution in [1.29, 1.82) is 0 Å². The van der Waals surface area contributed by atoms with Gasteiger partial charge in [-0.05, 0) is 76.3 Å².